The zero-order valence-corrected chi connectivity index (χ0v) is 18.3. The molecule has 0 aliphatic carbocycles. The van der Waals surface area contributed by atoms with Crippen LogP contribution in [0.4, 0.5) is 0 Å². The predicted molar refractivity (Wildman–Crippen MR) is 116 cm³/mol. The number of amides is 2. The Labute approximate surface area is 181 Å². The van der Waals surface area contributed by atoms with Crippen molar-refractivity contribution < 1.29 is 19.1 Å². The monoisotopic (exact) mass is 424 g/mol. The van der Waals surface area contributed by atoms with E-state index in [9.17, 15) is 9.59 Å². The van der Waals surface area contributed by atoms with Gasteiger partial charge in [0.15, 0.2) is 0 Å². The molecule has 0 saturated carbocycles. The second-order valence-corrected chi connectivity index (χ2v) is 8.32. The summed E-state index contributed by atoms with van der Waals surface area (Å²) in [7, 11) is 0. The number of nitrogens with two attached hydrogens (primary N) is 1. The van der Waals surface area contributed by atoms with Crippen LogP contribution in [0.1, 0.15) is 50.9 Å². The van der Waals surface area contributed by atoms with Gasteiger partial charge in [-0.15, -0.1) is 0 Å². The molecule has 2 heterocycles. The molecule has 3 rings (SSSR count). The Morgan fingerprint density at radius 1 is 1.35 bits per heavy atom. The highest BCUT2D eigenvalue weighted by atomic mass is 16.5. The number of benzene rings is 1. The van der Waals surface area contributed by atoms with E-state index in [-0.39, 0.29) is 36.5 Å². The van der Waals surface area contributed by atoms with E-state index in [2.05, 4.69) is 4.98 Å². The first-order chi connectivity index (χ1) is 14.7. The summed E-state index contributed by atoms with van der Waals surface area (Å²) >= 11 is 0. The first-order valence-corrected chi connectivity index (χ1v) is 10.4. The topological polar surface area (TPSA) is 119 Å². The number of hydrogen-bond acceptors (Lipinski definition) is 6. The molecule has 164 valence electrons. The maximum Gasteiger partial charge on any atom is 0.252 e. The summed E-state index contributed by atoms with van der Waals surface area (Å²) in [6.07, 6.45) is 1.86. The maximum atomic E-state index is 12.2. The van der Waals surface area contributed by atoms with Crippen molar-refractivity contribution in [3.63, 3.8) is 0 Å². The fourth-order valence-electron chi connectivity index (χ4n) is 3.94. The van der Waals surface area contributed by atoms with Gasteiger partial charge in [0, 0.05) is 36.5 Å². The number of carbonyl (C=O) groups excluding carboxylic acids is 2. The van der Waals surface area contributed by atoms with Gasteiger partial charge in [0.2, 0.25) is 11.8 Å². The van der Waals surface area contributed by atoms with Crippen LogP contribution in [0.5, 0.6) is 11.6 Å². The highest BCUT2D eigenvalue weighted by Crippen LogP contribution is 2.34. The van der Waals surface area contributed by atoms with E-state index in [1.165, 1.54) is 0 Å². The number of piperidine rings is 1. The minimum Gasteiger partial charge on any atom is -0.490 e. The molecule has 3 atom stereocenters. The van der Waals surface area contributed by atoms with Gasteiger partial charge in [-0.05, 0) is 44.4 Å². The summed E-state index contributed by atoms with van der Waals surface area (Å²) in [5.74, 6) is 0.188. The summed E-state index contributed by atoms with van der Waals surface area (Å²) in [6, 6.07) is 7.12. The van der Waals surface area contributed by atoms with Crippen molar-refractivity contribution in [3.05, 3.63) is 30.0 Å². The summed E-state index contributed by atoms with van der Waals surface area (Å²) in [4.78, 5) is 30.3. The summed E-state index contributed by atoms with van der Waals surface area (Å²) < 4.78 is 12.1. The van der Waals surface area contributed by atoms with Crippen molar-refractivity contribution in [3.8, 4) is 17.7 Å². The van der Waals surface area contributed by atoms with E-state index in [0.717, 1.165) is 10.8 Å². The normalized spacial score (nSPS) is 21.0. The van der Waals surface area contributed by atoms with E-state index in [0.29, 0.717) is 30.2 Å². The van der Waals surface area contributed by atoms with Crippen LogP contribution >= 0.6 is 0 Å². The Morgan fingerprint density at radius 3 is 2.74 bits per heavy atom. The Kier molecular flexibility index (Phi) is 6.64. The molecule has 0 unspecified atom stereocenters. The van der Waals surface area contributed by atoms with Crippen LogP contribution in [0.15, 0.2) is 24.4 Å². The number of nitrogens with zero attached hydrogens (tertiary/aromatic N) is 3. The molecule has 2 amide bonds. The van der Waals surface area contributed by atoms with E-state index in [1.54, 1.807) is 29.3 Å². The molecule has 0 bridgehead atoms. The molecular formula is C23H28N4O4. The van der Waals surface area contributed by atoms with Crippen LogP contribution in [-0.4, -0.2) is 46.5 Å². The lowest BCUT2D eigenvalue weighted by atomic mass is 9.91. The van der Waals surface area contributed by atoms with E-state index < -0.39 is 5.91 Å². The van der Waals surface area contributed by atoms with Crippen molar-refractivity contribution in [1.29, 1.82) is 5.26 Å². The Morgan fingerprint density at radius 2 is 2.10 bits per heavy atom. The molecule has 1 aliphatic rings. The van der Waals surface area contributed by atoms with Gasteiger partial charge < -0.3 is 20.1 Å². The number of likely N-dealkylation sites (tertiary alicyclic amines) is 1. The molecule has 8 heteroatoms. The van der Waals surface area contributed by atoms with Crippen LogP contribution in [-0.2, 0) is 4.79 Å². The zero-order valence-electron chi connectivity index (χ0n) is 18.3. The number of primary amides is 1. The Bertz CT molecular complexity index is 1030. The van der Waals surface area contributed by atoms with Crippen molar-refractivity contribution in [2.24, 2.45) is 11.7 Å². The minimum absolute atomic E-state index is 0.0432. The number of nitriles is 1. The van der Waals surface area contributed by atoms with Gasteiger partial charge in [0.1, 0.15) is 18.3 Å². The number of ether oxygens (including phenoxy) is 2. The second-order valence-electron chi connectivity index (χ2n) is 8.32. The third kappa shape index (κ3) is 4.88. The van der Waals surface area contributed by atoms with Crippen LogP contribution in [0.25, 0.3) is 10.8 Å². The van der Waals surface area contributed by atoms with Crippen LogP contribution in [0, 0.1) is 17.2 Å². The number of pyridine rings is 1. The average molecular weight is 425 g/mol. The predicted octanol–water partition coefficient (Wildman–Crippen LogP) is 3.04. The second kappa shape index (κ2) is 9.21. The Balaban J connectivity index is 1.90. The molecule has 1 saturated heterocycles. The van der Waals surface area contributed by atoms with Crippen molar-refractivity contribution in [1.82, 2.24) is 9.88 Å². The molecule has 1 fully saturated rings. The van der Waals surface area contributed by atoms with Crippen molar-refractivity contribution >= 4 is 22.6 Å². The van der Waals surface area contributed by atoms with Crippen molar-refractivity contribution in [2.75, 3.05) is 6.54 Å². The molecule has 0 spiro atoms. The third-order valence-electron chi connectivity index (χ3n) is 5.49. The van der Waals surface area contributed by atoms with Gasteiger partial charge in [-0.2, -0.15) is 5.26 Å². The van der Waals surface area contributed by atoms with E-state index >= 15 is 0 Å². The number of hydrogen-bond donors (Lipinski definition) is 1. The number of aromatic nitrogens is 1. The fourth-order valence-corrected chi connectivity index (χ4v) is 3.94. The van der Waals surface area contributed by atoms with Gasteiger partial charge in [0.05, 0.1) is 17.7 Å². The molecule has 31 heavy (non-hydrogen) atoms. The quantitative estimate of drug-likeness (QED) is 0.761. The van der Waals surface area contributed by atoms with Gasteiger partial charge in [0.25, 0.3) is 5.91 Å². The lowest BCUT2D eigenvalue weighted by molar-refractivity contribution is -0.136. The first kappa shape index (κ1) is 22.3. The zero-order chi connectivity index (χ0) is 22.7. The largest absolute Gasteiger partial charge is 0.490 e. The summed E-state index contributed by atoms with van der Waals surface area (Å²) in [5, 5.41) is 10.3. The smallest absolute Gasteiger partial charge is 0.252 e. The lowest BCUT2D eigenvalue weighted by Gasteiger charge is -2.41. The van der Waals surface area contributed by atoms with Gasteiger partial charge in [-0.25, -0.2) is 4.98 Å². The molecule has 0 radical (unpaired) electrons. The third-order valence-corrected chi connectivity index (χ3v) is 5.49. The fraction of sp³-hybridized carbons (Fsp3) is 0.478. The number of fused-ring (bicyclic) bond motifs is 1. The van der Waals surface area contributed by atoms with Crippen LogP contribution < -0.4 is 15.2 Å². The SMILES string of the molecule is CC(C)Oc1cc2c(O[C@H]3C[C@H](C)N(C(=O)CC#N)C[C@@H]3C)nccc2cc1C(N)=O. The molecule has 2 aromatic rings. The van der Waals surface area contributed by atoms with Crippen LogP contribution in [0.3, 0.4) is 0 Å². The highest BCUT2D eigenvalue weighted by molar-refractivity contribution is 6.01. The van der Waals surface area contributed by atoms with E-state index in [1.807, 2.05) is 33.8 Å². The first-order valence-electron chi connectivity index (χ1n) is 10.4. The number of carbonyl (C=O) groups is 2. The van der Waals surface area contributed by atoms with E-state index in [4.69, 9.17) is 20.5 Å². The van der Waals surface area contributed by atoms with Gasteiger partial charge in [-0.1, -0.05) is 6.92 Å². The molecule has 8 nitrogen and oxygen atoms in total. The highest BCUT2D eigenvalue weighted by Gasteiger charge is 2.35. The molecule has 2 N–H and O–H groups in total. The van der Waals surface area contributed by atoms with Crippen molar-refractivity contribution in [2.45, 2.75) is 58.8 Å². The molecular weight excluding hydrogens is 396 g/mol. The Hall–Kier alpha value is -3.34. The van der Waals surface area contributed by atoms with Crippen LogP contribution in [0.2, 0.25) is 0 Å². The summed E-state index contributed by atoms with van der Waals surface area (Å²) in [6.45, 7) is 8.25. The molecule has 1 aliphatic heterocycles. The van der Waals surface area contributed by atoms with Gasteiger partial charge >= 0.3 is 0 Å². The number of rotatable bonds is 6. The minimum atomic E-state index is -0.561. The lowest BCUT2D eigenvalue weighted by Crippen LogP contribution is -2.51. The summed E-state index contributed by atoms with van der Waals surface area (Å²) in [5.41, 5.74) is 5.85. The molecule has 1 aromatic carbocycles. The maximum absolute atomic E-state index is 12.2. The molecule has 1 aromatic heterocycles. The standard InChI is InChI=1S/C23H28N4O4/c1-13(2)30-20-11-17-16(10-18(20)22(25)29)6-8-26-23(17)31-19-9-15(4)27(12-14(19)3)21(28)5-7-24/h6,8,10-11,13-15,19H,5,9,12H2,1-4H3,(H2,25,29)/t14-,15-,19-/m0/s1. The van der Waals surface area contributed by atoms with Gasteiger partial charge in [-0.3, -0.25) is 9.59 Å². The average Bonchev–Trinajstić information content (AvgIpc) is 2.70.